The van der Waals surface area contributed by atoms with E-state index in [-0.39, 0.29) is 5.91 Å². The van der Waals surface area contributed by atoms with Crippen LogP contribution in [0.15, 0.2) is 73.3 Å². The zero-order valence-electron chi connectivity index (χ0n) is 13.5. The van der Waals surface area contributed by atoms with Crippen molar-refractivity contribution in [1.29, 1.82) is 0 Å². The second-order valence-corrected chi connectivity index (χ2v) is 5.79. The van der Waals surface area contributed by atoms with Crippen molar-refractivity contribution in [1.82, 2.24) is 24.5 Å². The quantitative estimate of drug-likeness (QED) is 0.611. The lowest BCUT2D eigenvalue weighted by molar-refractivity contribution is 0.0950. The third-order valence-electron chi connectivity index (χ3n) is 3.93. The van der Waals surface area contributed by atoms with Crippen molar-refractivity contribution in [2.45, 2.75) is 13.1 Å². The number of imidazole rings is 1. The number of carbonyl (C=O) groups excluding carboxylic acids is 1. The Hall–Kier alpha value is -3.41. The van der Waals surface area contributed by atoms with Gasteiger partial charge in [-0.2, -0.15) is 5.10 Å². The molecule has 0 saturated carbocycles. The number of nitrogens with one attached hydrogen (secondary N) is 1. The van der Waals surface area contributed by atoms with Crippen molar-refractivity contribution < 1.29 is 4.79 Å². The Morgan fingerprint density at radius 2 is 1.88 bits per heavy atom. The number of rotatable bonds is 5. The van der Waals surface area contributed by atoms with Gasteiger partial charge in [-0.3, -0.25) is 9.48 Å². The van der Waals surface area contributed by atoms with Crippen LogP contribution in [0.3, 0.4) is 0 Å². The third-order valence-corrected chi connectivity index (χ3v) is 3.93. The molecule has 3 heterocycles. The molecule has 1 aromatic carbocycles. The molecule has 6 nitrogen and oxygen atoms in total. The second kappa shape index (κ2) is 6.60. The van der Waals surface area contributed by atoms with Gasteiger partial charge in [0.05, 0.1) is 30.5 Å². The molecular formula is C19H17N5O. The van der Waals surface area contributed by atoms with Crippen molar-refractivity contribution in [2.24, 2.45) is 0 Å². The Labute approximate surface area is 144 Å². The number of benzene rings is 1. The number of aromatic nitrogens is 4. The molecule has 3 aromatic heterocycles. The first-order valence-electron chi connectivity index (χ1n) is 8.05. The highest BCUT2D eigenvalue weighted by Gasteiger charge is 2.10. The van der Waals surface area contributed by atoms with Crippen LogP contribution >= 0.6 is 0 Å². The minimum atomic E-state index is -0.156. The SMILES string of the molecule is O=C(NCc1cn2ccccc2n1)c1cnn(Cc2ccccc2)c1. The van der Waals surface area contributed by atoms with Gasteiger partial charge in [-0.05, 0) is 17.7 Å². The fourth-order valence-electron chi connectivity index (χ4n) is 2.68. The molecule has 0 fully saturated rings. The van der Waals surface area contributed by atoms with Gasteiger partial charge in [-0.1, -0.05) is 36.4 Å². The summed E-state index contributed by atoms with van der Waals surface area (Å²) in [6, 6.07) is 15.8. The normalized spacial score (nSPS) is 10.9. The fraction of sp³-hybridized carbons (Fsp3) is 0.105. The van der Waals surface area contributed by atoms with E-state index in [0.29, 0.717) is 18.7 Å². The van der Waals surface area contributed by atoms with Gasteiger partial charge in [0, 0.05) is 18.6 Å². The topological polar surface area (TPSA) is 64.2 Å². The highest BCUT2D eigenvalue weighted by molar-refractivity contribution is 5.93. The molecule has 0 unspecified atom stereocenters. The van der Waals surface area contributed by atoms with Crippen molar-refractivity contribution in [3.8, 4) is 0 Å². The predicted octanol–water partition coefficient (Wildman–Crippen LogP) is 2.51. The largest absolute Gasteiger partial charge is 0.346 e. The Morgan fingerprint density at radius 3 is 2.72 bits per heavy atom. The Morgan fingerprint density at radius 1 is 1.04 bits per heavy atom. The maximum atomic E-state index is 12.3. The zero-order valence-corrected chi connectivity index (χ0v) is 13.5. The van der Waals surface area contributed by atoms with E-state index in [1.54, 1.807) is 17.1 Å². The van der Waals surface area contributed by atoms with Crippen LogP contribution in [0, 0.1) is 0 Å². The molecule has 0 spiro atoms. The maximum Gasteiger partial charge on any atom is 0.254 e. The van der Waals surface area contributed by atoms with Crippen LogP contribution in [0.25, 0.3) is 5.65 Å². The van der Waals surface area contributed by atoms with E-state index in [4.69, 9.17) is 0 Å². The zero-order chi connectivity index (χ0) is 17.1. The average molecular weight is 331 g/mol. The lowest BCUT2D eigenvalue weighted by atomic mass is 10.2. The van der Waals surface area contributed by atoms with Crippen molar-refractivity contribution in [2.75, 3.05) is 0 Å². The molecule has 0 aliphatic carbocycles. The first-order valence-corrected chi connectivity index (χ1v) is 8.05. The summed E-state index contributed by atoms with van der Waals surface area (Å²) in [6.07, 6.45) is 7.18. The molecule has 0 bridgehead atoms. The molecule has 6 heteroatoms. The minimum Gasteiger partial charge on any atom is -0.346 e. The van der Waals surface area contributed by atoms with E-state index in [2.05, 4.69) is 15.4 Å². The Bertz CT molecular complexity index is 970. The van der Waals surface area contributed by atoms with E-state index in [9.17, 15) is 4.79 Å². The van der Waals surface area contributed by atoms with Gasteiger partial charge in [-0.25, -0.2) is 4.98 Å². The number of fused-ring (bicyclic) bond motifs is 1. The summed E-state index contributed by atoms with van der Waals surface area (Å²) >= 11 is 0. The Balaban J connectivity index is 1.39. The first kappa shape index (κ1) is 15.1. The van der Waals surface area contributed by atoms with Gasteiger partial charge in [0.25, 0.3) is 5.91 Å². The minimum absolute atomic E-state index is 0.156. The molecule has 1 amide bonds. The monoisotopic (exact) mass is 331 g/mol. The third kappa shape index (κ3) is 3.42. The van der Waals surface area contributed by atoms with Crippen molar-refractivity contribution >= 4 is 11.6 Å². The fourth-order valence-corrected chi connectivity index (χ4v) is 2.68. The standard InChI is InChI=1S/C19H17N5O/c25-19(20-11-17-14-23-9-5-4-8-18(23)22-17)16-10-21-24(13-16)12-15-6-2-1-3-7-15/h1-10,13-14H,11-12H2,(H,20,25). The summed E-state index contributed by atoms with van der Waals surface area (Å²) < 4.78 is 3.69. The number of hydrogen-bond acceptors (Lipinski definition) is 3. The molecular weight excluding hydrogens is 314 g/mol. The number of hydrogen-bond donors (Lipinski definition) is 1. The van der Waals surface area contributed by atoms with E-state index >= 15 is 0 Å². The van der Waals surface area contributed by atoms with Crippen LogP contribution < -0.4 is 5.32 Å². The van der Waals surface area contributed by atoms with E-state index in [1.165, 1.54) is 0 Å². The highest BCUT2D eigenvalue weighted by Crippen LogP contribution is 2.06. The average Bonchev–Trinajstić information content (AvgIpc) is 3.27. The summed E-state index contributed by atoms with van der Waals surface area (Å²) in [5.41, 5.74) is 3.36. The van der Waals surface area contributed by atoms with Gasteiger partial charge in [0.1, 0.15) is 5.65 Å². The molecule has 0 aliphatic heterocycles. The summed E-state index contributed by atoms with van der Waals surface area (Å²) in [7, 11) is 0. The van der Waals surface area contributed by atoms with E-state index in [0.717, 1.165) is 16.9 Å². The Kier molecular flexibility index (Phi) is 4.00. The molecule has 25 heavy (non-hydrogen) atoms. The number of carbonyl (C=O) groups is 1. The van der Waals surface area contributed by atoms with Crippen LogP contribution in [-0.4, -0.2) is 25.1 Å². The molecule has 0 atom stereocenters. The summed E-state index contributed by atoms with van der Waals surface area (Å²) in [4.78, 5) is 16.8. The summed E-state index contributed by atoms with van der Waals surface area (Å²) in [5.74, 6) is -0.156. The number of pyridine rings is 1. The highest BCUT2D eigenvalue weighted by atomic mass is 16.1. The van der Waals surface area contributed by atoms with Gasteiger partial charge in [0.2, 0.25) is 0 Å². The van der Waals surface area contributed by atoms with Crippen LogP contribution in [0.1, 0.15) is 21.6 Å². The van der Waals surface area contributed by atoms with Crippen LogP contribution in [0.5, 0.6) is 0 Å². The lowest BCUT2D eigenvalue weighted by Gasteiger charge is -2.01. The van der Waals surface area contributed by atoms with E-state index in [1.807, 2.05) is 65.3 Å². The second-order valence-electron chi connectivity index (χ2n) is 5.79. The van der Waals surface area contributed by atoms with Crippen LogP contribution in [-0.2, 0) is 13.1 Å². The molecule has 0 saturated heterocycles. The van der Waals surface area contributed by atoms with Crippen molar-refractivity contribution in [3.05, 3.63) is 90.1 Å². The smallest absolute Gasteiger partial charge is 0.254 e. The van der Waals surface area contributed by atoms with Crippen molar-refractivity contribution in [3.63, 3.8) is 0 Å². The van der Waals surface area contributed by atoms with E-state index < -0.39 is 0 Å². The van der Waals surface area contributed by atoms with Gasteiger partial charge >= 0.3 is 0 Å². The predicted molar refractivity (Wildman–Crippen MR) is 94.1 cm³/mol. The number of amides is 1. The molecule has 1 N–H and O–H groups in total. The molecule has 0 aliphatic rings. The molecule has 124 valence electrons. The van der Waals surface area contributed by atoms with Crippen LogP contribution in [0.4, 0.5) is 0 Å². The molecule has 4 rings (SSSR count). The maximum absolute atomic E-state index is 12.3. The first-order chi connectivity index (χ1) is 12.3. The molecule has 0 radical (unpaired) electrons. The lowest BCUT2D eigenvalue weighted by Crippen LogP contribution is -2.22. The summed E-state index contributed by atoms with van der Waals surface area (Å²) in [5, 5.41) is 7.14. The van der Waals surface area contributed by atoms with Crippen LogP contribution in [0.2, 0.25) is 0 Å². The summed E-state index contributed by atoms with van der Waals surface area (Å²) in [6.45, 7) is 1.02. The number of nitrogens with zero attached hydrogens (tertiary/aromatic N) is 4. The van der Waals surface area contributed by atoms with Gasteiger partial charge < -0.3 is 9.72 Å². The molecule has 4 aromatic rings. The van der Waals surface area contributed by atoms with Gasteiger partial charge in [-0.15, -0.1) is 0 Å². The van der Waals surface area contributed by atoms with Gasteiger partial charge in [0.15, 0.2) is 0 Å².